The minimum atomic E-state index is 0.104. The summed E-state index contributed by atoms with van der Waals surface area (Å²) in [6, 6.07) is 11.3. The van der Waals surface area contributed by atoms with Crippen LogP contribution in [0.2, 0.25) is 0 Å². The molecule has 0 amide bonds. The molecule has 1 rings (SSSR count). The van der Waals surface area contributed by atoms with E-state index in [9.17, 15) is 0 Å². The van der Waals surface area contributed by atoms with Gasteiger partial charge in [-0.05, 0) is 19.5 Å². The quantitative estimate of drug-likeness (QED) is 0.671. The van der Waals surface area contributed by atoms with Crippen molar-refractivity contribution in [2.24, 2.45) is 0 Å². The fourth-order valence-electron chi connectivity index (χ4n) is 2.56. The summed E-state index contributed by atoms with van der Waals surface area (Å²) in [6.07, 6.45) is 0. The zero-order valence-corrected chi connectivity index (χ0v) is 14.4. The monoisotopic (exact) mass is 292 g/mol. The Morgan fingerprint density at radius 2 is 1.90 bits per heavy atom. The maximum atomic E-state index is 5.47. The molecule has 0 aliphatic carbocycles. The fourth-order valence-corrected chi connectivity index (χ4v) is 2.56. The molecule has 0 aliphatic rings. The first kappa shape index (κ1) is 18.1. The number of hydrogen-bond donors (Lipinski definition) is 1. The summed E-state index contributed by atoms with van der Waals surface area (Å²) in [4.78, 5) is 2.37. The lowest BCUT2D eigenvalue weighted by atomic mass is 9.81. The van der Waals surface area contributed by atoms with Gasteiger partial charge in [-0.25, -0.2) is 0 Å². The first-order valence-electron chi connectivity index (χ1n) is 8.03. The van der Waals surface area contributed by atoms with E-state index in [4.69, 9.17) is 4.74 Å². The molecule has 1 N–H and O–H groups in total. The Kier molecular flexibility index (Phi) is 7.94. The average Bonchev–Trinajstić information content (AvgIpc) is 2.46. The van der Waals surface area contributed by atoms with Crippen molar-refractivity contribution in [2.75, 3.05) is 39.9 Å². The molecule has 120 valence electrons. The molecule has 1 unspecified atom stereocenters. The average molecular weight is 292 g/mol. The molecule has 0 bridgehead atoms. The van der Waals surface area contributed by atoms with Crippen LogP contribution in [-0.2, 0) is 10.2 Å². The van der Waals surface area contributed by atoms with Crippen molar-refractivity contribution >= 4 is 0 Å². The zero-order chi connectivity index (χ0) is 15.7. The minimum absolute atomic E-state index is 0.104. The summed E-state index contributed by atoms with van der Waals surface area (Å²) in [5.74, 6) is 0. The maximum absolute atomic E-state index is 5.47. The second-order valence-corrected chi connectivity index (χ2v) is 6.40. The van der Waals surface area contributed by atoms with E-state index in [2.05, 4.69) is 68.4 Å². The van der Waals surface area contributed by atoms with E-state index in [-0.39, 0.29) is 5.41 Å². The van der Waals surface area contributed by atoms with Crippen molar-refractivity contribution in [1.82, 2.24) is 10.2 Å². The van der Waals surface area contributed by atoms with Gasteiger partial charge in [0.2, 0.25) is 0 Å². The number of benzene rings is 1. The van der Waals surface area contributed by atoms with Gasteiger partial charge in [0, 0.05) is 37.7 Å². The third-order valence-electron chi connectivity index (χ3n) is 3.81. The van der Waals surface area contributed by atoms with Crippen LogP contribution in [0.1, 0.15) is 33.3 Å². The van der Waals surface area contributed by atoms with Crippen molar-refractivity contribution < 1.29 is 4.74 Å². The van der Waals surface area contributed by atoms with Crippen LogP contribution in [0.4, 0.5) is 0 Å². The van der Waals surface area contributed by atoms with Gasteiger partial charge in [-0.1, -0.05) is 51.1 Å². The molecule has 0 aromatic heterocycles. The van der Waals surface area contributed by atoms with Crippen molar-refractivity contribution in [3.8, 4) is 0 Å². The molecule has 0 heterocycles. The molecule has 3 heteroatoms. The Labute approximate surface area is 130 Å². The van der Waals surface area contributed by atoms with Crippen molar-refractivity contribution in [1.29, 1.82) is 0 Å². The standard InChI is InChI=1S/C18H32N2O/c1-6-21-13-12-20(5)15-18(4,14-19-16(2)3)17-10-8-7-9-11-17/h7-11,16,19H,6,12-15H2,1-5H3. The predicted molar refractivity (Wildman–Crippen MR) is 90.9 cm³/mol. The summed E-state index contributed by atoms with van der Waals surface area (Å²) in [5.41, 5.74) is 1.49. The highest BCUT2D eigenvalue weighted by molar-refractivity contribution is 5.25. The van der Waals surface area contributed by atoms with Crippen LogP contribution >= 0.6 is 0 Å². The van der Waals surface area contributed by atoms with Gasteiger partial charge >= 0.3 is 0 Å². The highest BCUT2D eigenvalue weighted by Crippen LogP contribution is 2.24. The number of rotatable bonds is 10. The van der Waals surface area contributed by atoms with Gasteiger partial charge < -0.3 is 15.0 Å². The van der Waals surface area contributed by atoms with Gasteiger partial charge in [0.25, 0.3) is 0 Å². The Balaban J connectivity index is 2.72. The van der Waals surface area contributed by atoms with Crippen LogP contribution in [0, 0.1) is 0 Å². The lowest BCUT2D eigenvalue weighted by molar-refractivity contribution is 0.114. The van der Waals surface area contributed by atoms with Crippen LogP contribution in [0.25, 0.3) is 0 Å². The van der Waals surface area contributed by atoms with Crippen molar-refractivity contribution in [2.45, 2.75) is 39.2 Å². The third kappa shape index (κ3) is 6.60. The molecule has 21 heavy (non-hydrogen) atoms. The van der Waals surface area contributed by atoms with E-state index >= 15 is 0 Å². The van der Waals surface area contributed by atoms with E-state index in [1.54, 1.807) is 0 Å². The van der Waals surface area contributed by atoms with Gasteiger partial charge in [-0.2, -0.15) is 0 Å². The fraction of sp³-hybridized carbons (Fsp3) is 0.667. The molecular weight excluding hydrogens is 260 g/mol. The number of nitrogens with zero attached hydrogens (tertiary/aromatic N) is 1. The lowest BCUT2D eigenvalue weighted by Gasteiger charge is -2.35. The first-order valence-corrected chi connectivity index (χ1v) is 8.03. The smallest absolute Gasteiger partial charge is 0.0593 e. The minimum Gasteiger partial charge on any atom is -0.380 e. The Hall–Kier alpha value is -0.900. The normalized spacial score (nSPS) is 14.6. The van der Waals surface area contributed by atoms with Gasteiger partial charge in [-0.3, -0.25) is 0 Å². The van der Waals surface area contributed by atoms with Gasteiger partial charge in [0.05, 0.1) is 6.61 Å². The summed E-state index contributed by atoms with van der Waals surface area (Å²) >= 11 is 0. The van der Waals surface area contributed by atoms with E-state index in [1.165, 1.54) is 5.56 Å². The molecule has 0 fully saturated rings. The molecule has 0 radical (unpaired) electrons. The van der Waals surface area contributed by atoms with Crippen LogP contribution in [0.15, 0.2) is 30.3 Å². The number of hydrogen-bond acceptors (Lipinski definition) is 3. The summed E-state index contributed by atoms with van der Waals surface area (Å²) in [6.45, 7) is 13.3. The van der Waals surface area contributed by atoms with Gasteiger partial charge in [0.15, 0.2) is 0 Å². The maximum Gasteiger partial charge on any atom is 0.0593 e. The van der Waals surface area contributed by atoms with Gasteiger partial charge in [0.1, 0.15) is 0 Å². The third-order valence-corrected chi connectivity index (χ3v) is 3.81. The number of nitrogens with one attached hydrogen (secondary N) is 1. The number of likely N-dealkylation sites (N-methyl/N-ethyl adjacent to an activating group) is 1. The molecule has 3 nitrogen and oxygen atoms in total. The molecule has 0 spiro atoms. The second kappa shape index (κ2) is 9.19. The molecule has 0 saturated carbocycles. The van der Waals surface area contributed by atoms with Crippen molar-refractivity contribution in [3.05, 3.63) is 35.9 Å². The molecule has 1 aromatic carbocycles. The van der Waals surface area contributed by atoms with Crippen LogP contribution in [-0.4, -0.2) is 50.8 Å². The van der Waals surface area contributed by atoms with E-state index < -0.39 is 0 Å². The topological polar surface area (TPSA) is 24.5 Å². The van der Waals surface area contributed by atoms with Crippen LogP contribution < -0.4 is 5.32 Å². The molecular formula is C18H32N2O. The SMILES string of the molecule is CCOCCN(C)CC(C)(CNC(C)C)c1ccccc1. The molecule has 1 aromatic rings. The first-order chi connectivity index (χ1) is 9.98. The van der Waals surface area contributed by atoms with E-state index in [0.29, 0.717) is 6.04 Å². The summed E-state index contributed by atoms with van der Waals surface area (Å²) in [5, 5.41) is 3.60. The van der Waals surface area contributed by atoms with Crippen LogP contribution in [0.3, 0.4) is 0 Å². The second-order valence-electron chi connectivity index (χ2n) is 6.40. The highest BCUT2D eigenvalue weighted by atomic mass is 16.5. The van der Waals surface area contributed by atoms with E-state index in [0.717, 1.165) is 32.8 Å². The van der Waals surface area contributed by atoms with Crippen LogP contribution in [0.5, 0.6) is 0 Å². The Morgan fingerprint density at radius 1 is 1.24 bits per heavy atom. The molecule has 0 saturated heterocycles. The molecule has 1 atom stereocenters. The summed E-state index contributed by atoms with van der Waals surface area (Å²) < 4.78 is 5.47. The lowest BCUT2D eigenvalue weighted by Crippen LogP contribution is -2.46. The summed E-state index contributed by atoms with van der Waals surface area (Å²) in [7, 11) is 2.18. The van der Waals surface area contributed by atoms with Gasteiger partial charge in [-0.15, -0.1) is 0 Å². The zero-order valence-electron chi connectivity index (χ0n) is 14.4. The Morgan fingerprint density at radius 3 is 2.48 bits per heavy atom. The largest absolute Gasteiger partial charge is 0.380 e. The highest BCUT2D eigenvalue weighted by Gasteiger charge is 2.28. The Bertz CT molecular complexity index is 380. The van der Waals surface area contributed by atoms with E-state index in [1.807, 2.05) is 6.92 Å². The van der Waals surface area contributed by atoms with Crippen molar-refractivity contribution in [3.63, 3.8) is 0 Å². The predicted octanol–water partition coefficient (Wildman–Crippen LogP) is 2.91. The molecule has 0 aliphatic heterocycles. The number of ether oxygens (including phenoxy) is 1.